The normalized spacial score (nSPS) is 11.6. The molecule has 1 rings (SSSR count). The molecule has 1 aromatic heterocycles. The molecule has 0 aromatic carbocycles. The molecule has 0 spiro atoms. The van der Waals surface area contributed by atoms with Gasteiger partial charge >= 0.3 is 6.36 Å². The van der Waals surface area contributed by atoms with Crippen LogP contribution in [-0.2, 0) is 0 Å². The van der Waals surface area contributed by atoms with Crippen LogP contribution >= 0.6 is 45.2 Å². The molecule has 7 heteroatoms. The van der Waals surface area contributed by atoms with Crippen LogP contribution in [0.2, 0.25) is 0 Å². The summed E-state index contributed by atoms with van der Waals surface area (Å²) in [4.78, 5) is 3.66. The van der Waals surface area contributed by atoms with Crippen LogP contribution in [0.1, 0.15) is 5.69 Å². The number of hydrogen-bond donors (Lipinski definition) is 0. The number of alkyl halides is 3. The van der Waals surface area contributed by atoms with E-state index in [9.17, 15) is 13.2 Å². The van der Waals surface area contributed by atoms with Gasteiger partial charge in [-0.1, -0.05) is 0 Å². The average Bonchev–Trinajstić information content (AvgIpc) is 1.96. The lowest BCUT2D eigenvalue weighted by atomic mass is 10.4. The second-order valence-electron chi connectivity index (χ2n) is 2.39. The molecular weight excluding hydrogens is 425 g/mol. The first-order chi connectivity index (χ1) is 6.29. The predicted molar refractivity (Wildman–Crippen MR) is 61.1 cm³/mol. The molecule has 1 heterocycles. The lowest BCUT2D eigenvalue weighted by Gasteiger charge is -2.09. The highest BCUT2D eigenvalue weighted by atomic mass is 127. The zero-order chi connectivity index (χ0) is 10.9. The number of hydrogen-bond acceptors (Lipinski definition) is 2. The number of halogens is 5. The summed E-state index contributed by atoms with van der Waals surface area (Å²) < 4.78 is 40.7. The van der Waals surface area contributed by atoms with Crippen molar-refractivity contribution in [3.8, 4) is 5.88 Å². The lowest BCUT2D eigenvalue weighted by Crippen LogP contribution is -2.18. The van der Waals surface area contributed by atoms with E-state index in [1.165, 1.54) is 6.07 Å². The summed E-state index contributed by atoms with van der Waals surface area (Å²) in [6.45, 7) is 1.63. The Labute approximate surface area is 106 Å². The third-order valence-corrected chi connectivity index (χ3v) is 4.52. The fourth-order valence-corrected chi connectivity index (χ4v) is 1.70. The number of aryl methyl sites for hydroxylation is 1. The van der Waals surface area contributed by atoms with Gasteiger partial charge in [0.2, 0.25) is 5.88 Å². The molecule has 0 aliphatic rings. The Hall–Kier alpha value is 0.200. The standard InChI is InChI=1S/C7H4F3I2NO/c1-3-6(12)4(11)2-5(13-3)14-7(8,9)10/h2H,1H3. The Morgan fingerprint density at radius 3 is 2.36 bits per heavy atom. The van der Waals surface area contributed by atoms with Crippen molar-refractivity contribution in [2.75, 3.05) is 0 Å². The van der Waals surface area contributed by atoms with E-state index in [0.717, 1.165) is 3.57 Å². The molecule has 0 fully saturated rings. The van der Waals surface area contributed by atoms with E-state index < -0.39 is 12.2 Å². The largest absolute Gasteiger partial charge is 0.574 e. The minimum atomic E-state index is -4.69. The van der Waals surface area contributed by atoms with E-state index in [1.54, 1.807) is 6.92 Å². The molecule has 0 saturated heterocycles. The Balaban J connectivity index is 3.02. The van der Waals surface area contributed by atoms with Crippen LogP contribution in [0.4, 0.5) is 13.2 Å². The van der Waals surface area contributed by atoms with Gasteiger partial charge in [-0.2, -0.15) is 0 Å². The summed E-state index contributed by atoms with van der Waals surface area (Å²) in [7, 11) is 0. The fraction of sp³-hybridized carbons (Fsp3) is 0.286. The monoisotopic (exact) mass is 429 g/mol. The van der Waals surface area contributed by atoms with E-state index >= 15 is 0 Å². The number of pyridine rings is 1. The van der Waals surface area contributed by atoms with Crippen molar-refractivity contribution in [2.24, 2.45) is 0 Å². The number of rotatable bonds is 1. The van der Waals surface area contributed by atoms with E-state index in [0.29, 0.717) is 9.26 Å². The van der Waals surface area contributed by atoms with Gasteiger partial charge in [0.05, 0.1) is 5.69 Å². The highest BCUT2D eigenvalue weighted by Crippen LogP contribution is 2.26. The minimum absolute atomic E-state index is 0.417. The van der Waals surface area contributed by atoms with Crippen LogP contribution in [0.3, 0.4) is 0 Å². The predicted octanol–water partition coefficient (Wildman–Crippen LogP) is 3.50. The van der Waals surface area contributed by atoms with Crippen LogP contribution in [0.5, 0.6) is 5.88 Å². The third kappa shape index (κ3) is 3.41. The minimum Gasteiger partial charge on any atom is -0.388 e. The van der Waals surface area contributed by atoms with Gasteiger partial charge < -0.3 is 4.74 Å². The summed E-state index contributed by atoms with van der Waals surface area (Å²) in [5.41, 5.74) is 0.525. The second kappa shape index (κ2) is 4.37. The topological polar surface area (TPSA) is 22.1 Å². The SMILES string of the molecule is Cc1nc(OC(F)(F)F)cc(I)c1I. The van der Waals surface area contributed by atoms with Crippen LogP contribution in [0, 0.1) is 14.1 Å². The van der Waals surface area contributed by atoms with Gasteiger partial charge in [0.1, 0.15) is 0 Å². The summed E-state index contributed by atoms with van der Waals surface area (Å²) in [6.07, 6.45) is -4.69. The summed E-state index contributed by atoms with van der Waals surface area (Å²) in [5, 5.41) is 0. The van der Waals surface area contributed by atoms with Crippen molar-refractivity contribution >= 4 is 45.2 Å². The molecule has 0 amide bonds. The quantitative estimate of drug-likeness (QED) is 0.639. The molecular formula is C7H4F3I2NO. The van der Waals surface area contributed by atoms with Crippen molar-refractivity contribution in [3.05, 3.63) is 18.9 Å². The zero-order valence-corrected chi connectivity index (χ0v) is 11.1. The van der Waals surface area contributed by atoms with Crippen molar-refractivity contribution < 1.29 is 17.9 Å². The van der Waals surface area contributed by atoms with E-state index in [-0.39, 0.29) is 0 Å². The van der Waals surface area contributed by atoms with E-state index in [4.69, 9.17) is 0 Å². The van der Waals surface area contributed by atoms with Crippen molar-refractivity contribution in [1.82, 2.24) is 4.98 Å². The van der Waals surface area contributed by atoms with Gasteiger partial charge in [-0.15, -0.1) is 13.2 Å². The van der Waals surface area contributed by atoms with Gasteiger partial charge in [-0.25, -0.2) is 4.98 Å². The van der Waals surface area contributed by atoms with Crippen LogP contribution in [0.15, 0.2) is 6.07 Å². The van der Waals surface area contributed by atoms with Crippen molar-refractivity contribution in [1.29, 1.82) is 0 Å². The lowest BCUT2D eigenvalue weighted by molar-refractivity contribution is -0.276. The molecule has 0 saturated carbocycles. The van der Waals surface area contributed by atoms with E-state index in [1.807, 2.05) is 45.2 Å². The Morgan fingerprint density at radius 1 is 1.36 bits per heavy atom. The molecule has 0 bridgehead atoms. The molecule has 0 unspecified atom stereocenters. The first kappa shape index (κ1) is 12.3. The summed E-state index contributed by atoms with van der Waals surface area (Å²) in [5.74, 6) is -0.417. The molecule has 2 nitrogen and oxygen atoms in total. The maximum absolute atomic E-state index is 11.8. The van der Waals surface area contributed by atoms with Crippen molar-refractivity contribution in [3.63, 3.8) is 0 Å². The fourth-order valence-electron chi connectivity index (χ4n) is 0.762. The molecule has 0 atom stereocenters. The van der Waals surface area contributed by atoms with Crippen molar-refractivity contribution in [2.45, 2.75) is 13.3 Å². The molecule has 14 heavy (non-hydrogen) atoms. The van der Waals surface area contributed by atoms with Gasteiger partial charge in [-0.05, 0) is 52.1 Å². The second-order valence-corrected chi connectivity index (χ2v) is 4.63. The molecule has 0 aliphatic carbocycles. The van der Waals surface area contributed by atoms with Gasteiger partial charge in [0.25, 0.3) is 0 Å². The van der Waals surface area contributed by atoms with Crippen LogP contribution in [-0.4, -0.2) is 11.3 Å². The van der Waals surface area contributed by atoms with Gasteiger partial charge in [0.15, 0.2) is 0 Å². The van der Waals surface area contributed by atoms with Gasteiger partial charge in [-0.3, -0.25) is 0 Å². The van der Waals surface area contributed by atoms with Gasteiger partial charge in [0, 0.05) is 13.2 Å². The molecule has 0 aliphatic heterocycles. The highest BCUT2D eigenvalue weighted by Gasteiger charge is 2.32. The van der Waals surface area contributed by atoms with Crippen LogP contribution in [0.25, 0.3) is 0 Å². The average molecular weight is 429 g/mol. The Kier molecular flexibility index (Phi) is 3.83. The molecule has 1 aromatic rings. The molecule has 78 valence electrons. The zero-order valence-electron chi connectivity index (χ0n) is 6.82. The Bertz CT molecular complexity index is 330. The first-order valence-corrected chi connectivity index (χ1v) is 5.54. The molecule has 0 N–H and O–H groups in total. The maximum Gasteiger partial charge on any atom is 0.574 e. The summed E-state index contributed by atoms with van der Waals surface area (Å²) in [6, 6.07) is 1.25. The first-order valence-electron chi connectivity index (χ1n) is 3.38. The Morgan fingerprint density at radius 2 is 1.93 bits per heavy atom. The highest BCUT2D eigenvalue weighted by molar-refractivity contribution is 14.1. The maximum atomic E-state index is 11.8. The van der Waals surface area contributed by atoms with E-state index in [2.05, 4.69) is 9.72 Å². The third-order valence-electron chi connectivity index (χ3n) is 1.28. The summed E-state index contributed by atoms with van der Waals surface area (Å²) >= 11 is 3.95. The smallest absolute Gasteiger partial charge is 0.388 e. The molecule has 0 radical (unpaired) electrons. The number of nitrogens with zero attached hydrogens (tertiary/aromatic N) is 1. The van der Waals surface area contributed by atoms with Crippen LogP contribution < -0.4 is 4.74 Å². The number of aromatic nitrogens is 1. The number of ether oxygens (including phenoxy) is 1.